The van der Waals surface area contributed by atoms with Crippen molar-refractivity contribution in [2.24, 2.45) is 0 Å². The van der Waals surface area contributed by atoms with Gasteiger partial charge in [-0.3, -0.25) is 0 Å². The van der Waals surface area contributed by atoms with Gasteiger partial charge in [0.25, 0.3) is 0 Å². The zero-order chi connectivity index (χ0) is 3.54. The number of nitrogens with two attached hydrogens (primary N) is 1. The van der Waals surface area contributed by atoms with Gasteiger partial charge in [-0.2, -0.15) is 6.07 Å². The molecule has 0 aliphatic carbocycles. The third-order valence-electron chi connectivity index (χ3n) is 0.362. The zero-order valence-corrected chi connectivity index (χ0v) is 5.30. The van der Waals surface area contributed by atoms with E-state index in [9.17, 15) is 0 Å². The molecule has 0 aromatic carbocycles. The summed E-state index contributed by atoms with van der Waals surface area (Å²) in [7, 11) is 0. The summed E-state index contributed by atoms with van der Waals surface area (Å²) >= 11 is 0. The Morgan fingerprint density at radius 1 is 1.57 bits per heavy atom. The van der Waals surface area contributed by atoms with E-state index in [1.54, 1.807) is 12.3 Å². The Hall–Kier alpha value is -0.0638. The Morgan fingerprint density at radius 3 is 2.43 bits per heavy atom. The number of rotatable bonds is 0. The molecule has 1 aromatic rings. The van der Waals surface area contributed by atoms with Gasteiger partial charge in [-0.25, -0.2) is 0 Å². The van der Waals surface area contributed by atoms with Crippen LogP contribution < -0.4 is 0 Å². The quantitative estimate of drug-likeness (QED) is 0.382. The van der Waals surface area contributed by atoms with Crippen LogP contribution in [0.2, 0.25) is 0 Å². The van der Waals surface area contributed by atoms with Crippen LogP contribution in [0.3, 0.4) is 0 Å². The molecule has 0 fully saturated rings. The molecule has 0 amide bonds. The van der Waals surface area contributed by atoms with Crippen molar-refractivity contribution in [1.82, 2.24) is 10.2 Å². The largest absolute Gasteiger partial charge is 2.00 e. The predicted octanol–water partition coefficient (Wildman–Crippen LogP) is 0.546. The average Bonchev–Trinajstić information content (AvgIpc) is 1.76. The molecule has 7 heavy (non-hydrogen) atoms. The number of H-pyrrole nitrogens is 1. The van der Waals surface area contributed by atoms with Crippen molar-refractivity contribution in [3.8, 4) is 0 Å². The average molecular weight is 107 g/mol. The van der Waals surface area contributed by atoms with E-state index in [0.717, 1.165) is 0 Å². The van der Waals surface area contributed by atoms with Gasteiger partial charge >= 0.3 is 23.1 Å². The van der Waals surface area contributed by atoms with Gasteiger partial charge < -0.3 is 16.3 Å². The first-order valence-corrected chi connectivity index (χ1v) is 1.36. The zero-order valence-electron chi connectivity index (χ0n) is 3.89. The molecular weight excluding hydrogens is 102 g/mol. The molecule has 3 N–H and O–H groups in total. The van der Waals surface area contributed by atoms with E-state index in [1.807, 2.05) is 0 Å². The Labute approximate surface area is 58.2 Å². The van der Waals surface area contributed by atoms with Gasteiger partial charge in [-0.1, -0.05) is 0 Å². The van der Waals surface area contributed by atoms with Crippen LogP contribution in [0.15, 0.2) is 12.3 Å². The first-order chi connectivity index (χ1) is 2.50. The molecule has 0 spiro atoms. The number of aromatic nitrogens is 2. The van der Waals surface area contributed by atoms with Crippen molar-refractivity contribution >= 4 is 23.1 Å². The van der Waals surface area contributed by atoms with E-state index >= 15 is 0 Å². The molecule has 0 aliphatic rings. The van der Waals surface area contributed by atoms with Crippen LogP contribution >= 0.6 is 0 Å². The minimum absolute atomic E-state index is 0. The maximum absolute atomic E-state index is 3.47. The van der Waals surface area contributed by atoms with Crippen molar-refractivity contribution in [2.45, 2.75) is 0 Å². The van der Waals surface area contributed by atoms with Crippen LogP contribution in [0.1, 0.15) is 0 Å². The van der Waals surface area contributed by atoms with Crippen molar-refractivity contribution in [1.29, 1.82) is 0 Å². The summed E-state index contributed by atoms with van der Waals surface area (Å²) in [4.78, 5) is 0. The summed E-state index contributed by atoms with van der Waals surface area (Å²) in [5.41, 5.74) is 0. The second kappa shape index (κ2) is 5.94. The molecule has 1 aromatic heterocycles. The molecule has 0 saturated carbocycles. The smallest absolute Gasteiger partial charge is 0.693 e. The predicted molar refractivity (Wildman–Crippen MR) is 28.5 cm³/mol. The van der Waals surface area contributed by atoms with Gasteiger partial charge in [-0.05, 0) is 0 Å². The van der Waals surface area contributed by atoms with Crippen LogP contribution in [0, 0.1) is 6.20 Å². The number of nitrogens with zero attached hydrogens (tertiary/aromatic N) is 1. The molecule has 1 heterocycles. The molecule has 0 radical (unpaired) electrons. The topological polar surface area (TPSA) is 62.2 Å². The summed E-state index contributed by atoms with van der Waals surface area (Å²) in [6, 6.07) is 1.71. The minimum atomic E-state index is 0. The normalized spacial score (nSPS) is 5.71. The van der Waals surface area contributed by atoms with Gasteiger partial charge in [0.05, 0.1) is 0 Å². The molecule has 1 rings (SSSR count). The van der Waals surface area contributed by atoms with Crippen LogP contribution in [0.5, 0.6) is 0 Å². The van der Waals surface area contributed by atoms with Gasteiger partial charge in [0, 0.05) is 0 Å². The van der Waals surface area contributed by atoms with Crippen LogP contribution in [0.4, 0.5) is 0 Å². The van der Waals surface area contributed by atoms with Gasteiger partial charge in [-0.15, -0.1) is 12.4 Å². The fourth-order valence-corrected chi connectivity index (χ4v) is 0.186. The second-order valence-electron chi connectivity index (χ2n) is 0.703. The maximum atomic E-state index is 3.47. The molecule has 0 bridgehead atoms. The molecule has 34 valence electrons. The van der Waals surface area contributed by atoms with E-state index in [2.05, 4.69) is 16.4 Å². The Kier molecular flexibility index (Phi) is 8.51. The Balaban J connectivity index is 0. The van der Waals surface area contributed by atoms with Crippen molar-refractivity contribution in [2.75, 3.05) is 0 Å². The van der Waals surface area contributed by atoms with E-state index in [-0.39, 0.29) is 29.2 Å². The van der Waals surface area contributed by atoms with Crippen molar-refractivity contribution < 1.29 is 0 Å². The van der Waals surface area contributed by atoms with E-state index in [1.165, 1.54) is 0 Å². The number of hydrogen-bond acceptors (Lipinski definition) is 1. The third-order valence-corrected chi connectivity index (χ3v) is 0.362. The standard InChI is InChI=1S/C3H3N2.Mg.H2N/c1-2-4-5-3-1;;/h1-2H,(H,4,5);;1H2/q-1;+2;-1. The fourth-order valence-electron chi connectivity index (χ4n) is 0.186. The summed E-state index contributed by atoms with van der Waals surface area (Å²) < 4.78 is 0. The fraction of sp³-hybridized carbons (Fsp3) is 0. The van der Waals surface area contributed by atoms with E-state index in [0.29, 0.717) is 0 Å². The number of nitrogens with one attached hydrogen (secondary N) is 1. The first-order valence-electron chi connectivity index (χ1n) is 1.36. The molecular formula is C3H5MgN3. The maximum Gasteiger partial charge on any atom is 2.00 e. The van der Waals surface area contributed by atoms with Crippen LogP contribution in [-0.2, 0) is 0 Å². The number of aromatic amines is 1. The Morgan fingerprint density at radius 2 is 2.29 bits per heavy atom. The summed E-state index contributed by atoms with van der Waals surface area (Å²) in [5, 5.41) is 6.03. The molecule has 0 aliphatic heterocycles. The summed E-state index contributed by atoms with van der Waals surface area (Å²) in [6.45, 7) is 0. The summed E-state index contributed by atoms with van der Waals surface area (Å²) in [6.07, 6.45) is 4.26. The molecule has 4 heteroatoms. The Bertz CT molecular complexity index is 66.7. The van der Waals surface area contributed by atoms with Crippen LogP contribution in [0.25, 0.3) is 6.15 Å². The van der Waals surface area contributed by atoms with E-state index in [4.69, 9.17) is 0 Å². The molecule has 0 atom stereocenters. The van der Waals surface area contributed by atoms with Gasteiger partial charge in [0.2, 0.25) is 0 Å². The van der Waals surface area contributed by atoms with Crippen molar-refractivity contribution in [3.63, 3.8) is 0 Å². The molecule has 0 saturated heterocycles. The van der Waals surface area contributed by atoms with Gasteiger partial charge in [0.1, 0.15) is 0 Å². The first kappa shape index (κ1) is 10.0. The monoisotopic (exact) mass is 107 g/mol. The minimum Gasteiger partial charge on any atom is -0.693 e. The number of hydrogen-bond donors (Lipinski definition) is 1. The summed E-state index contributed by atoms with van der Waals surface area (Å²) in [5.74, 6) is 0. The van der Waals surface area contributed by atoms with E-state index < -0.39 is 0 Å². The SMILES string of the molecule is [Mg+2].[NH2-].[c-]1cc[nH]n1. The molecule has 0 unspecified atom stereocenters. The van der Waals surface area contributed by atoms with Crippen molar-refractivity contribution in [3.05, 3.63) is 24.6 Å². The molecule has 3 nitrogen and oxygen atoms in total. The third kappa shape index (κ3) is 3.77. The van der Waals surface area contributed by atoms with Crippen LogP contribution in [-0.4, -0.2) is 33.3 Å². The second-order valence-corrected chi connectivity index (χ2v) is 0.703. The van der Waals surface area contributed by atoms with Gasteiger partial charge in [0.15, 0.2) is 0 Å².